The van der Waals surface area contributed by atoms with Gasteiger partial charge in [0.1, 0.15) is 14.7 Å². The predicted molar refractivity (Wildman–Crippen MR) is 76.4 cm³/mol. The summed E-state index contributed by atoms with van der Waals surface area (Å²) in [6.45, 7) is 3.96. The third kappa shape index (κ3) is 4.76. The van der Waals surface area contributed by atoms with Crippen LogP contribution in [0.1, 0.15) is 20.3 Å². The van der Waals surface area contributed by atoms with Crippen molar-refractivity contribution in [1.82, 2.24) is 14.5 Å². The molecule has 0 aromatic carbocycles. The van der Waals surface area contributed by atoms with E-state index in [1.807, 2.05) is 6.92 Å². The Bertz CT molecular complexity index is 663. The van der Waals surface area contributed by atoms with Crippen molar-refractivity contribution in [3.63, 3.8) is 0 Å². The summed E-state index contributed by atoms with van der Waals surface area (Å²) in [7, 11) is -7.15. The van der Waals surface area contributed by atoms with Crippen LogP contribution in [0.4, 0.5) is 5.82 Å². The number of hydrogen-bond acceptors (Lipinski definition) is 6. The number of rotatable bonds is 7. The molecule has 1 heterocycles. The first-order valence-corrected chi connectivity index (χ1v) is 9.62. The molecule has 1 rings (SSSR count). The molecule has 0 fully saturated rings. The van der Waals surface area contributed by atoms with E-state index in [0.29, 0.717) is 6.54 Å². The normalized spacial score (nSPS) is 14.3. The third-order valence-corrected chi connectivity index (χ3v) is 5.12. The lowest BCUT2D eigenvalue weighted by Gasteiger charge is -2.12. The van der Waals surface area contributed by atoms with Gasteiger partial charge in [0.05, 0.1) is 5.75 Å². The fourth-order valence-electron chi connectivity index (χ4n) is 1.79. The Morgan fingerprint density at radius 1 is 1.40 bits per heavy atom. The first-order valence-electron chi connectivity index (χ1n) is 6.08. The van der Waals surface area contributed by atoms with Crippen molar-refractivity contribution in [2.45, 2.75) is 37.8 Å². The van der Waals surface area contributed by atoms with E-state index in [-0.39, 0.29) is 16.5 Å². The minimum atomic E-state index is -3.88. The lowest BCUT2D eigenvalue weighted by atomic mass is 10.4. The molecule has 0 saturated carbocycles. The molecule has 0 radical (unpaired) electrons. The molecule has 0 aliphatic heterocycles. The summed E-state index contributed by atoms with van der Waals surface area (Å²) in [5, 5.41) is 3.91. The largest absolute Gasteiger partial charge is 0.381 e. The zero-order valence-corrected chi connectivity index (χ0v) is 13.3. The van der Waals surface area contributed by atoms with Crippen LogP contribution in [0.25, 0.3) is 0 Å². The van der Waals surface area contributed by atoms with Crippen LogP contribution < -0.4 is 10.5 Å². The molecule has 1 aromatic heterocycles. The van der Waals surface area contributed by atoms with Crippen molar-refractivity contribution in [2.24, 2.45) is 0 Å². The Morgan fingerprint density at radius 3 is 2.50 bits per heavy atom. The first kappa shape index (κ1) is 16.9. The molecule has 0 amide bonds. The first-order chi connectivity index (χ1) is 9.05. The molecule has 1 atom stereocenters. The van der Waals surface area contributed by atoms with Crippen LogP contribution in [0.2, 0.25) is 0 Å². The van der Waals surface area contributed by atoms with E-state index in [9.17, 15) is 16.8 Å². The van der Waals surface area contributed by atoms with Gasteiger partial charge in [-0.2, -0.15) is 5.10 Å². The van der Waals surface area contributed by atoms with Gasteiger partial charge in [-0.25, -0.2) is 21.6 Å². The summed E-state index contributed by atoms with van der Waals surface area (Å²) in [4.78, 5) is -0.133. The number of aryl methyl sites for hydroxylation is 1. The van der Waals surface area contributed by atoms with Gasteiger partial charge in [-0.3, -0.25) is 4.68 Å². The van der Waals surface area contributed by atoms with Crippen LogP contribution in [-0.4, -0.2) is 44.7 Å². The van der Waals surface area contributed by atoms with Crippen molar-refractivity contribution in [3.05, 3.63) is 6.20 Å². The number of nitrogen functional groups attached to an aromatic ring is 1. The fraction of sp³-hybridized carbons (Fsp3) is 0.700. The summed E-state index contributed by atoms with van der Waals surface area (Å²) in [6.07, 6.45) is 3.18. The predicted octanol–water partition coefficient (Wildman–Crippen LogP) is -0.413. The summed E-state index contributed by atoms with van der Waals surface area (Å²) in [5.74, 6) is -0.382. The average molecular weight is 324 g/mol. The standard InChI is InChI=1S/C10H20N4O4S2/c1-4-5-14-6-9(10(11)12-14)20(17,18)13-8(2)7-19(3,15)16/h6,8,13H,4-5,7H2,1-3H3,(H2,11,12). The van der Waals surface area contributed by atoms with E-state index < -0.39 is 25.9 Å². The fourth-order valence-corrected chi connectivity index (χ4v) is 4.20. The van der Waals surface area contributed by atoms with E-state index >= 15 is 0 Å². The molecule has 8 nitrogen and oxygen atoms in total. The maximum Gasteiger partial charge on any atom is 0.246 e. The molecular formula is C10H20N4O4S2. The van der Waals surface area contributed by atoms with E-state index in [4.69, 9.17) is 5.73 Å². The minimum Gasteiger partial charge on any atom is -0.381 e. The quantitative estimate of drug-likeness (QED) is 0.702. The summed E-state index contributed by atoms with van der Waals surface area (Å²) in [6, 6.07) is -0.746. The van der Waals surface area contributed by atoms with Crippen molar-refractivity contribution < 1.29 is 16.8 Å². The second kappa shape index (κ2) is 6.10. The summed E-state index contributed by atoms with van der Waals surface area (Å²) < 4.78 is 50.3. The van der Waals surface area contributed by atoms with Crippen LogP contribution in [-0.2, 0) is 26.4 Å². The molecule has 3 N–H and O–H groups in total. The molecule has 0 bridgehead atoms. The Balaban J connectivity index is 2.94. The van der Waals surface area contributed by atoms with Crippen molar-refractivity contribution in [3.8, 4) is 0 Å². The van der Waals surface area contributed by atoms with Crippen LogP contribution >= 0.6 is 0 Å². The average Bonchev–Trinajstić information content (AvgIpc) is 2.56. The second-order valence-corrected chi connectivity index (χ2v) is 8.62. The number of nitrogens with two attached hydrogens (primary N) is 1. The number of sulfonamides is 1. The van der Waals surface area contributed by atoms with Crippen LogP contribution in [0.3, 0.4) is 0 Å². The Hall–Kier alpha value is -1.13. The van der Waals surface area contributed by atoms with Gasteiger partial charge in [-0.15, -0.1) is 0 Å². The van der Waals surface area contributed by atoms with Crippen molar-refractivity contribution >= 4 is 25.7 Å². The zero-order chi connectivity index (χ0) is 15.6. The molecule has 1 aromatic rings. The molecule has 0 saturated heterocycles. The maximum absolute atomic E-state index is 12.1. The van der Waals surface area contributed by atoms with Crippen molar-refractivity contribution in [2.75, 3.05) is 17.7 Å². The molecule has 20 heavy (non-hydrogen) atoms. The van der Waals surface area contributed by atoms with Gasteiger partial charge < -0.3 is 5.73 Å². The minimum absolute atomic E-state index is 0.0995. The van der Waals surface area contributed by atoms with Crippen LogP contribution in [0, 0.1) is 0 Å². The number of nitrogens with zero attached hydrogens (tertiary/aromatic N) is 2. The van der Waals surface area contributed by atoms with Crippen LogP contribution in [0.15, 0.2) is 11.1 Å². The topological polar surface area (TPSA) is 124 Å². The number of sulfone groups is 1. The van der Waals surface area contributed by atoms with Gasteiger partial charge in [0.2, 0.25) is 10.0 Å². The van der Waals surface area contributed by atoms with Gasteiger partial charge in [-0.1, -0.05) is 6.92 Å². The van der Waals surface area contributed by atoms with E-state index in [2.05, 4.69) is 9.82 Å². The number of nitrogens with one attached hydrogen (secondary N) is 1. The van der Waals surface area contributed by atoms with Crippen molar-refractivity contribution in [1.29, 1.82) is 0 Å². The van der Waals surface area contributed by atoms with Gasteiger partial charge in [0, 0.05) is 25.0 Å². The van der Waals surface area contributed by atoms with Gasteiger partial charge in [0.15, 0.2) is 5.82 Å². The number of anilines is 1. The van der Waals surface area contributed by atoms with Gasteiger partial charge in [0.25, 0.3) is 0 Å². The highest BCUT2D eigenvalue weighted by Crippen LogP contribution is 2.16. The second-order valence-electron chi connectivity index (χ2n) is 4.76. The lowest BCUT2D eigenvalue weighted by Crippen LogP contribution is -2.37. The summed E-state index contributed by atoms with van der Waals surface area (Å²) >= 11 is 0. The van der Waals surface area contributed by atoms with Gasteiger partial charge >= 0.3 is 0 Å². The van der Waals surface area contributed by atoms with Gasteiger partial charge in [-0.05, 0) is 13.3 Å². The van der Waals surface area contributed by atoms with E-state index in [0.717, 1.165) is 12.7 Å². The molecule has 0 spiro atoms. The smallest absolute Gasteiger partial charge is 0.246 e. The molecule has 0 aliphatic rings. The third-order valence-electron chi connectivity index (χ3n) is 2.41. The highest BCUT2D eigenvalue weighted by molar-refractivity contribution is 7.91. The zero-order valence-electron chi connectivity index (χ0n) is 11.7. The molecule has 10 heteroatoms. The number of aromatic nitrogens is 2. The molecule has 0 aliphatic carbocycles. The van der Waals surface area contributed by atoms with E-state index in [1.54, 1.807) is 0 Å². The Morgan fingerprint density at radius 2 is 2.00 bits per heavy atom. The molecular weight excluding hydrogens is 304 g/mol. The molecule has 116 valence electrons. The highest BCUT2D eigenvalue weighted by atomic mass is 32.2. The van der Waals surface area contributed by atoms with Crippen LogP contribution in [0.5, 0.6) is 0 Å². The highest BCUT2D eigenvalue weighted by Gasteiger charge is 2.24. The number of hydrogen-bond donors (Lipinski definition) is 2. The van der Waals surface area contributed by atoms with E-state index in [1.165, 1.54) is 17.8 Å². The monoisotopic (exact) mass is 324 g/mol. The Labute approximate surface area is 119 Å². The summed E-state index contributed by atoms with van der Waals surface area (Å²) in [5.41, 5.74) is 5.59. The SMILES string of the molecule is CCCn1cc(S(=O)(=O)NC(C)CS(C)(=O)=O)c(N)n1. The molecule has 1 unspecified atom stereocenters. The Kier molecular flexibility index (Phi) is 5.16. The maximum atomic E-state index is 12.1. The lowest BCUT2D eigenvalue weighted by molar-refractivity contribution is 0.563.